The number of benzene rings is 2. The molecule has 0 aliphatic carbocycles. The molecule has 0 unspecified atom stereocenters. The zero-order valence-corrected chi connectivity index (χ0v) is 15.9. The second-order valence-corrected chi connectivity index (χ2v) is 6.97. The Labute approximate surface area is 164 Å². The van der Waals surface area contributed by atoms with Crippen LogP contribution in [0.5, 0.6) is 0 Å². The van der Waals surface area contributed by atoms with Gasteiger partial charge in [0.1, 0.15) is 11.6 Å². The summed E-state index contributed by atoms with van der Waals surface area (Å²) in [7, 11) is 0. The fraction of sp³-hybridized carbons (Fsp3) is 0.304. The minimum atomic E-state index is -0.794. The van der Waals surface area contributed by atoms with E-state index in [0.717, 1.165) is 25.7 Å². The standard InChI is InChI=1S/C23H24FNO3/c1-2-3-4-8-14-25-20(17-12-9-13-18(24)15-17)19(22(27)23(25)28)21(26)16-10-6-5-7-11-16/h5-7,9-13,15,20,26H,2-4,8,14H2,1H3/b21-19+/t20-/m1/s1. The highest BCUT2D eigenvalue weighted by atomic mass is 19.1. The second kappa shape index (κ2) is 8.83. The zero-order valence-electron chi connectivity index (χ0n) is 15.9. The topological polar surface area (TPSA) is 57.6 Å². The van der Waals surface area contributed by atoms with Crippen molar-refractivity contribution in [2.45, 2.75) is 38.6 Å². The number of amides is 1. The van der Waals surface area contributed by atoms with Crippen LogP contribution >= 0.6 is 0 Å². The van der Waals surface area contributed by atoms with Crippen LogP contribution in [0.25, 0.3) is 5.76 Å². The lowest BCUT2D eigenvalue weighted by Gasteiger charge is -2.25. The number of halogens is 1. The Balaban J connectivity index is 2.06. The average Bonchev–Trinajstić information content (AvgIpc) is 2.96. The number of ketones is 1. The zero-order chi connectivity index (χ0) is 20.1. The first kappa shape index (κ1) is 19.8. The van der Waals surface area contributed by atoms with E-state index in [2.05, 4.69) is 6.92 Å². The van der Waals surface area contributed by atoms with Gasteiger partial charge in [-0.15, -0.1) is 0 Å². The molecule has 1 fully saturated rings. The van der Waals surface area contributed by atoms with Crippen molar-refractivity contribution in [3.63, 3.8) is 0 Å². The lowest BCUT2D eigenvalue weighted by atomic mass is 9.95. The number of Topliss-reactive ketones (excluding diaryl/α,β-unsaturated/α-hetero) is 1. The molecule has 0 aromatic heterocycles. The van der Waals surface area contributed by atoms with Gasteiger partial charge in [0.15, 0.2) is 0 Å². The maximum Gasteiger partial charge on any atom is 0.295 e. The Hall–Kier alpha value is -2.95. The van der Waals surface area contributed by atoms with Crippen molar-refractivity contribution in [1.29, 1.82) is 0 Å². The number of hydrogen-bond donors (Lipinski definition) is 1. The Bertz CT molecular complexity index is 892. The number of nitrogens with zero attached hydrogens (tertiary/aromatic N) is 1. The molecule has 0 spiro atoms. The summed E-state index contributed by atoms with van der Waals surface area (Å²) in [4.78, 5) is 27.0. The fourth-order valence-corrected chi connectivity index (χ4v) is 3.59. The molecule has 3 rings (SSSR count). The molecular weight excluding hydrogens is 357 g/mol. The summed E-state index contributed by atoms with van der Waals surface area (Å²) in [5.74, 6) is -2.06. The molecule has 0 bridgehead atoms. The molecule has 5 heteroatoms. The summed E-state index contributed by atoms with van der Waals surface area (Å²) in [6.45, 7) is 2.48. The highest BCUT2D eigenvalue weighted by Gasteiger charge is 2.45. The molecule has 4 nitrogen and oxygen atoms in total. The summed E-state index contributed by atoms with van der Waals surface area (Å²) in [5.41, 5.74) is 0.942. The quantitative estimate of drug-likeness (QED) is 0.323. The van der Waals surface area contributed by atoms with Crippen molar-refractivity contribution < 1.29 is 19.1 Å². The summed E-state index contributed by atoms with van der Waals surface area (Å²) in [6, 6.07) is 13.7. The molecule has 1 aliphatic rings. The maximum absolute atomic E-state index is 13.9. The van der Waals surface area contributed by atoms with E-state index in [4.69, 9.17) is 0 Å². The van der Waals surface area contributed by atoms with E-state index in [-0.39, 0.29) is 11.3 Å². The normalized spacial score (nSPS) is 18.6. The summed E-state index contributed by atoms with van der Waals surface area (Å²) in [6.07, 6.45) is 3.78. The van der Waals surface area contributed by atoms with Gasteiger partial charge >= 0.3 is 0 Å². The third-order valence-electron chi connectivity index (χ3n) is 5.00. The third kappa shape index (κ3) is 3.98. The van der Waals surface area contributed by atoms with E-state index in [9.17, 15) is 19.1 Å². The molecule has 2 aromatic rings. The van der Waals surface area contributed by atoms with Gasteiger partial charge in [-0.2, -0.15) is 0 Å². The van der Waals surface area contributed by atoms with Crippen LogP contribution in [0.4, 0.5) is 4.39 Å². The van der Waals surface area contributed by atoms with E-state index in [0.29, 0.717) is 17.7 Å². The van der Waals surface area contributed by atoms with Crippen LogP contribution in [-0.4, -0.2) is 28.2 Å². The first-order valence-corrected chi connectivity index (χ1v) is 9.64. The predicted octanol–water partition coefficient (Wildman–Crippen LogP) is 4.83. The number of aliphatic hydroxyl groups excluding tert-OH is 1. The molecule has 0 radical (unpaired) electrons. The van der Waals surface area contributed by atoms with Gasteiger partial charge in [-0.3, -0.25) is 9.59 Å². The first-order chi connectivity index (χ1) is 13.5. The van der Waals surface area contributed by atoms with Crippen molar-refractivity contribution >= 4 is 17.4 Å². The molecular formula is C23H24FNO3. The fourth-order valence-electron chi connectivity index (χ4n) is 3.59. The predicted molar refractivity (Wildman–Crippen MR) is 106 cm³/mol. The minimum absolute atomic E-state index is 0.0114. The van der Waals surface area contributed by atoms with Crippen LogP contribution in [0, 0.1) is 5.82 Å². The SMILES string of the molecule is CCCCCCN1C(=O)C(=O)/C(=C(/O)c2ccccc2)[C@H]1c1cccc(F)c1. The first-order valence-electron chi connectivity index (χ1n) is 9.64. The molecule has 1 saturated heterocycles. The van der Waals surface area contributed by atoms with Crippen LogP contribution in [-0.2, 0) is 9.59 Å². The number of rotatable bonds is 7. The number of aliphatic hydroxyl groups is 1. The number of unbranched alkanes of at least 4 members (excludes halogenated alkanes) is 3. The maximum atomic E-state index is 13.9. The lowest BCUT2D eigenvalue weighted by Crippen LogP contribution is -2.30. The number of carbonyl (C=O) groups excluding carboxylic acids is 2. The van der Waals surface area contributed by atoms with Gasteiger partial charge in [-0.25, -0.2) is 4.39 Å². The highest BCUT2D eigenvalue weighted by molar-refractivity contribution is 6.46. The molecule has 28 heavy (non-hydrogen) atoms. The van der Waals surface area contributed by atoms with Crippen molar-refractivity contribution in [3.8, 4) is 0 Å². The van der Waals surface area contributed by atoms with Crippen molar-refractivity contribution in [1.82, 2.24) is 4.90 Å². The van der Waals surface area contributed by atoms with Gasteiger partial charge in [-0.05, 0) is 24.1 Å². The van der Waals surface area contributed by atoms with E-state index < -0.39 is 23.5 Å². The highest BCUT2D eigenvalue weighted by Crippen LogP contribution is 2.39. The smallest absolute Gasteiger partial charge is 0.295 e. The van der Waals surface area contributed by atoms with Crippen molar-refractivity contribution in [2.24, 2.45) is 0 Å². The Morgan fingerprint density at radius 1 is 1.04 bits per heavy atom. The Morgan fingerprint density at radius 2 is 1.79 bits per heavy atom. The van der Waals surface area contributed by atoms with Gasteiger partial charge in [-0.1, -0.05) is 68.7 Å². The van der Waals surface area contributed by atoms with Crippen molar-refractivity contribution in [2.75, 3.05) is 6.54 Å². The Morgan fingerprint density at radius 3 is 2.46 bits per heavy atom. The number of hydrogen-bond acceptors (Lipinski definition) is 3. The summed E-state index contributed by atoms with van der Waals surface area (Å²) >= 11 is 0. The van der Waals surface area contributed by atoms with Gasteiger partial charge < -0.3 is 10.0 Å². The van der Waals surface area contributed by atoms with Gasteiger partial charge in [0.25, 0.3) is 11.7 Å². The molecule has 1 N–H and O–H groups in total. The number of carbonyl (C=O) groups is 2. The van der Waals surface area contributed by atoms with Crippen LogP contribution in [0.3, 0.4) is 0 Å². The van der Waals surface area contributed by atoms with Crippen LogP contribution < -0.4 is 0 Å². The van der Waals surface area contributed by atoms with Crippen LogP contribution in [0.2, 0.25) is 0 Å². The minimum Gasteiger partial charge on any atom is -0.507 e. The largest absolute Gasteiger partial charge is 0.507 e. The van der Waals surface area contributed by atoms with E-state index in [1.54, 1.807) is 42.5 Å². The molecule has 0 saturated carbocycles. The summed E-state index contributed by atoms with van der Waals surface area (Å²) < 4.78 is 13.9. The molecule has 1 amide bonds. The van der Waals surface area contributed by atoms with Gasteiger partial charge in [0, 0.05) is 12.1 Å². The van der Waals surface area contributed by atoms with Crippen LogP contribution in [0.1, 0.15) is 49.8 Å². The van der Waals surface area contributed by atoms with Crippen LogP contribution in [0.15, 0.2) is 60.2 Å². The molecule has 1 aliphatic heterocycles. The van der Waals surface area contributed by atoms with Gasteiger partial charge in [0.2, 0.25) is 0 Å². The molecule has 1 atom stereocenters. The van der Waals surface area contributed by atoms with E-state index in [1.165, 1.54) is 17.0 Å². The van der Waals surface area contributed by atoms with E-state index in [1.807, 2.05) is 0 Å². The summed E-state index contributed by atoms with van der Waals surface area (Å²) in [5, 5.41) is 10.8. The third-order valence-corrected chi connectivity index (χ3v) is 5.00. The van der Waals surface area contributed by atoms with E-state index >= 15 is 0 Å². The molecule has 146 valence electrons. The van der Waals surface area contributed by atoms with Crippen molar-refractivity contribution in [3.05, 3.63) is 77.1 Å². The Kier molecular flexibility index (Phi) is 6.24. The second-order valence-electron chi connectivity index (χ2n) is 6.97. The average molecular weight is 381 g/mol. The number of likely N-dealkylation sites (tertiary alicyclic amines) is 1. The lowest BCUT2D eigenvalue weighted by molar-refractivity contribution is -0.139. The van der Waals surface area contributed by atoms with Gasteiger partial charge in [0.05, 0.1) is 11.6 Å². The molecule has 2 aromatic carbocycles. The monoisotopic (exact) mass is 381 g/mol. The molecule has 1 heterocycles.